The van der Waals surface area contributed by atoms with E-state index in [9.17, 15) is 4.79 Å². The second kappa shape index (κ2) is 1.70. The van der Waals surface area contributed by atoms with Crippen LogP contribution in [0, 0.1) is 0 Å². The first-order valence-corrected chi connectivity index (χ1v) is 2.80. The second-order valence-corrected chi connectivity index (χ2v) is 1.94. The minimum Gasteiger partial charge on any atom is -0.362 e. The molecule has 2 aromatic rings. The standard InChI is InChI=1S/C6H4N2O2/c9-5-2-1-4-3-10-8-6(4)7-5/h1-3H,(H,7,8,9). The van der Waals surface area contributed by atoms with E-state index in [0.29, 0.717) is 5.65 Å². The Labute approximate surface area is 55.5 Å². The van der Waals surface area contributed by atoms with Crippen molar-refractivity contribution in [3.8, 4) is 0 Å². The summed E-state index contributed by atoms with van der Waals surface area (Å²) in [6, 6.07) is 3.09. The summed E-state index contributed by atoms with van der Waals surface area (Å²) in [7, 11) is 0. The van der Waals surface area contributed by atoms with Gasteiger partial charge < -0.3 is 9.51 Å². The van der Waals surface area contributed by atoms with Gasteiger partial charge in [-0.2, -0.15) is 0 Å². The van der Waals surface area contributed by atoms with Gasteiger partial charge in [0.05, 0.1) is 5.39 Å². The smallest absolute Gasteiger partial charge is 0.249 e. The van der Waals surface area contributed by atoms with Crippen LogP contribution in [-0.2, 0) is 0 Å². The number of aromatic nitrogens is 2. The van der Waals surface area contributed by atoms with Crippen molar-refractivity contribution in [1.29, 1.82) is 0 Å². The van der Waals surface area contributed by atoms with Crippen molar-refractivity contribution in [2.75, 3.05) is 0 Å². The summed E-state index contributed by atoms with van der Waals surface area (Å²) >= 11 is 0. The van der Waals surface area contributed by atoms with E-state index in [1.54, 1.807) is 6.07 Å². The van der Waals surface area contributed by atoms with Crippen molar-refractivity contribution in [1.82, 2.24) is 10.1 Å². The molecule has 0 spiro atoms. The lowest BCUT2D eigenvalue weighted by atomic mass is 10.4. The number of nitrogens with zero attached hydrogens (tertiary/aromatic N) is 1. The van der Waals surface area contributed by atoms with Gasteiger partial charge in [-0.25, -0.2) is 0 Å². The zero-order valence-electron chi connectivity index (χ0n) is 5.00. The molecular formula is C6H4N2O2. The molecule has 0 unspecified atom stereocenters. The number of hydrogen-bond donors (Lipinski definition) is 1. The largest absolute Gasteiger partial charge is 0.362 e. The van der Waals surface area contributed by atoms with Gasteiger partial charge in [0.25, 0.3) is 0 Å². The predicted octanol–water partition coefficient (Wildman–Crippen LogP) is 0.516. The number of nitrogens with one attached hydrogen (secondary N) is 1. The van der Waals surface area contributed by atoms with E-state index in [1.807, 2.05) is 0 Å². The van der Waals surface area contributed by atoms with E-state index in [-0.39, 0.29) is 5.56 Å². The zero-order valence-corrected chi connectivity index (χ0v) is 5.00. The van der Waals surface area contributed by atoms with Crippen LogP contribution in [0.4, 0.5) is 0 Å². The molecule has 1 N–H and O–H groups in total. The molecule has 0 fully saturated rings. The third-order valence-electron chi connectivity index (χ3n) is 1.25. The number of fused-ring (bicyclic) bond motifs is 1. The molecule has 4 nitrogen and oxygen atoms in total. The molecule has 2 aromatic heterocycles. The highest BCUT2D eigenvalue weighted by atomic mass is 16.5. The Hall–Kier alpha value is -1.58. The molecule has 0 aromatic carbocycles. The molecule has 4 heteroatoms. The van der Waals surface area contributed by atoms with Crippen LogP contribution in [0.25, 0.3) is 11.0 Å². The van der Waals surface area contributed by atoms with Crippen LogP contribution in [0.5, 0.6) is 0 Å². The van der Waals surface area contributed by atoms with Gasteiger partial charge in [0, 0.05) is 6.07 Å². The number of hydrogen-bond acceptors (Lipinski definition) is 3. The predicted molar refractivity (Wildman–Crippen MR) is 34.6 cm³/mol. The van der Waals surface area contributed by atoms with Crippen molar-refractivity contribution >= 4 is 11.0 Å². The molecule has 0 aliphatic carbocycles. The van der Waals surface area contributed by atoms with Crippen LogP contribution in [-0.4, -0.2) is 10.1 Å². The van der Waals surface area contributed by atoms with Crippen LogP contribution in [0.3, 0.4) is 0 Å². The van der Waals surface area contributed by atoms with Gasteiger partial charge >= 0.3 is 0 Å². The molecule has 2 heterocycles. The summed E-state index contributed by atoms with van der Waals surface area (Å²) in [6.07, 6.45) is 1.48. The fourth-order valence-corrected chi connectivity index (χ4v) is 0.781. The first-order chi connectivity index (χ1) is 4.86. The molecule has 0 radical (unpaired) electrons. The van der Waals surface area contributed by atoms with Crippen molar-refractivity contribution in [3.63, 3.8) is 0 Å². The second-order valence-electron chi connectivity index (χ2n) is 1.94. The van der Waals surface area contributed by atoms with Gasteiger partial charge in [-0.15, -0.1) is 0 Å². The van der Waals surface area contributed by atoms with Gasteiger partial charge in [0.15, 0.2) is 5.65 Å². The fraction of sp³-hybridized carbons (Fsp3) is 0. The summed E-state index contributed by atoms with van der Waals surface area (Å²) in [6.45, 7) is 0. The van der Waals surface area contributed by atoms with E-state index in [2.05, 4.69) is 14.7 Å². The maximum absolute atomic E-state index is 10.6. The molecule has 0 atom stereocenters. The maximum atomic E-state index is 10.6. The maximum Gasteiger partial charge on any atom is 0.249 e. The van der Waals surface area contributed by atoms with E-state index < -0.39 is 0 Å². The molecule has 0 amide bonds. The molecule has 2 rings (SSSR count). The van der Waals surface area contributed by atoms with Crippen LogP contribution >= 0.6 is 0 Å². The van der Waals surface area contributed by atoms with Gasteiger partial charge in [-0.05, 0) is 6.07 Å². The SMILES string of the molecule is O=c1ccc2conc2[nH]1. The van der Waals surface area contributed by atoms with E-state index in [4.69, 9.17) is 0 Å². The summed E-state index contributed by atoms with van der Waals surface area (Å²) in [4.78, 5) is 13.2. The average molecular weight is 136 g/mol. The molecule has 0 aliphatic heterocycles. The van der Waals surface area contributed by atoms with E-state index in [0.717, 1.165) is 5.39 Å². The average Bonchev–Trinajstić information content (AvgIpc) is 2.33. The van der Waals surface area contributed by atoms with Gasteiger partial charge in [0.2, 0.25) is 5.56 Å². The monoisotopic (exact) mass is 136 g/mol. The van der Waals surface area contributed by atoms with Crippen LogP contribution in [0.2, 0.25) is 0 Å². The molecule has 0 aliphatic rings. The Morgan fingerprint density at radius 1 is 1.50 bits per heavy atom. The van der Waals surface area contributed by atoms with E-state index in [1.165, 1.54) is 12.3 Å². The Kier molecular flexibility index (Phi) is 0.887. The van der Waals surface area contributed by atoms with Crippen LogP contribution < -0.4 is 5.56 Å². The normalized spacial score (nSPS) is 10.4. The third-order valence-corrected chi connectivity index (χ3v) is 1.25. The highest BCUT2D eigenvalue weighted by Gasteiger charge is 1.95. The lowest BCUT2D eigenvalue weighted by Gasteiger charge is -1.80. The lowest BCUT2D eigenvalue weighted by Crippen LogP contribution is -2.01. The van der Waals surface area contributed by atoms with Crippen LogP contribution in [0.15, 0.2) is 27.7 Å². The van der Waals surface area contributed by atoms with Crippen LogP contribution in [0.1, 0.15) is 0 Å². The Morgan fingerprint density at radius 3 is 3.30 bits per heavy atom. The summed E-state index contributed by atoms with van der Waals surface area (Å²) < 4.78 is 4.60. The molecule has 50 valence electrons. The topological polar surface area (TPSA) is 58.9 Å². The molecular weight excluding hydrogens is 132 g/mol. The third kappa shape index (κ3) is 0.621. The Morgan fingerprint density at radius 2 is 2.40 bits per heavy atom. The summed E-state index contributed by atoms with van der Waals surface area (Å²) in [5.41, 5.74) is 0.328. The number of rotatable bonds is 0. The highest BCUT2D eigenvalue weighted by Crippen LogP contribution is 2.03. The minimum absolute atomic E-state index is 0.165. The van der Waals surface area contributed by atoms with Crippen molar-refractivity contribution in [3.05, 3.63) is 28.7 Å². The Balaban J connectivity index is 2.99. The van der Waals surface area contributed by atoms with Crippen molar-refractivity contribution in [2.24, 2.45) is 0 Å². The quantitative estimate of drug-likeness (QED) is 0.574. The fourth-order valence-electron chi connectivity index (χ4n) is 0.781. The number of H-pyrrole nitrogens is 1. The zero-order chi connectivity index (χ0) is 6.97. The summed E-state index contributed by atoms with van der Waals surface area (Å²) in [5, 5.41) is 4.35. The Bertz CT molecular complexity index is 401. The summed E-state index contributed by atoms with van der Waals surface area (Å²) in [5.74, 6) is 0. The number of pyridine rings is 1. The molecule has 0 saturated heterocycles. The number of aromatic amines is 1. The van der Waals surface area contributed by atoms with Gasteiger partial charge in [-0.1, -0.05) is 5.16 Å². The van der Waals surface area contributed by atoms with Gasteiger partial charge in [-0.3, -0.25) is 4.79 Å². The molecule has 0 saturated carbocycles. The highest BCUT2D eigenvalue weighted by molar-refractivity contribution is 5.71. The minimum atomic E-state index is -0.165. The molecule has 10 heavy (non-hydrogen) atoms. The first kappa shape index (κ1) is 5.22. The van der Waals surface area contributed by atoms with Crippen molar-refractivity contribution in [2.45, 2.75) is 0 Å². The van der Waals surface area contributed by atoms with Crippen molar-refractivity contribution < 1.29 is 4.52 Å². The lowest BCUT2D eigenvalue weighted by molar-refractivity contribution is 0.426. The van der Waals surface area contributed by atoms with Gasteiger partial charge in [0.1, 0.15) is 6.26 Å². The first-order valence-electron chi connectivity index (χ1n) is 2.80. The van der Waals surface area contributed by atoms with E-state index >= 15 is 0 Å². The molecule has 0 bridgehead atoms.